The molecule has 5 heteroatoms. The summed E-state index contributed by atoms with van der Waals surface area (Å²) in [4.78, 5) is 17.5. The first-order valence-electron chi connectivity index (χ1n) is 8.84. The molecule has 0 saturated heterocycles. The maximum atomic E-state index is 12.1. The van der Waals surface area contributed by atoms with Gasteiger partial charge in [-0.3, -0.25) is 9.20 Å². The molecule has 25 heavy (non-hydrogen) atoms. The number of quaternary nitrogens is 1. The molecule has 0 radical (unpaired) electrons. The fraction of sp³-hybridized carbons (Fsp3) is 0.400. The summed E-state index contributed by atoms with van der Waals surface area (Å²) in [5.74, 6) is 1.04. The fourth-order valence-corrected chi connectivity index (χ4v) is 3.88. The molecule has 0 fully saturated rings. The summed E-state index contributed by atoms with van der Waals surface area (Å²) < 4.78 is 1.60. The summed E-state index contributed by atoms with van der Waals surface area (Å²) in [5.41, 5.74) is 3.53. The molecule has 1 atom stereocenters. The van der Waals surface area contributed by atoms with Gasteiger partial charge in [0.25, 0.3) is 5.56 Å². The third-order valence-corrected chi connectivity index (χ3v) is 5.40. The van der Waals surface area contributed by atoms with Crippen molar-refractivity contribution in [1.82, 2.24) is 9.38 Å². The van der Waals surface area contributed by atoms with E-state index in [-0.39, 0.29) is 5.56 Å². The van der Waals surface area contributed by atoms with Crippen LogP contribution in [0.4, 0.5) is 0 Å². The van der Waals surface area contributed by atoms with E-state index in [0.717, 1.165) is 10.7 Å². The zero-order valence-electron chi connectivity index (χ0n) is 15.3. The molecule has 2 N–H and O–H groups in total. The lowest BCUT2D eigenvalue weighted by Crippen LogP contribution is -2.84. The van der Waals surface area contributed by atoms with Gasteiger partial charge in [0, 0.05) is 29.1 Å². The second-order valence-electron chi connectivity index (χ2n) is 7.17. The highest BCUT2D eigenvalue weighted by molar-refractivity contribution is 7.15. The second-order valence-corrected chi connectivity index (χ2v) is 8.05. The third-order valence-electron chi connectivity index (χ3n) is 4.64. The molecule has 2 heterocycles. The van der Waals surface area contributed by atoms with Crippen molar-refractivity contribution in [2.45, 2.75) is 46.2 Å². The first-order chi connectivity index (χ1) is 12.0. The molecule has 2 aromatic heterocycles. The lowest BCUT2D eigenvalue weighted by atomic mass is 9.93. The first kappa shape index (κ1) is 17.8. The Hall–Kier alpha value is -1.98. The Bertz CT molecular complexity index is 893. The molecule has 0 aliphatic rings. The van der Waals surface area contributed by atoms with Crippen molar-refractivity contribution in [3.63, 3.8) is 0 Å². The molecular formula is C20H26N3OS+. The normalized spacial score (nSPS) is 13.0. The fourth-order valence-electron chi connectivity index (χ4n) is 3.14. The van der Waals surface area contributed by atoms with Crippen LogP contribution < -0.4 is 10.9 Å². The number of nitrogens with two attached hydrogens (primary N) is 1. The van der Waals surface area contributed by atoms with Crippen LogP contribution in [-0.4, -0.2) is 9.38 Å². The maximum Gasteiger partial charge on any atom is 0.258 e. The summed E-state index contributed by atoms with van der Waals surface area (Å²) in [6.07, 6.45) is 1.77. The molecule has 0 aliphatic carbocycles. The van der Waals surface area contributed by atoms with Crippen molar-refractivity contribution in [2.24, 2.45) is 5.92 Å². The molecule has 0 amide bonds. The van der Waals surface area contributed by atoms with Crippen LogP contribution in [0.1, 0.15) is 56.5 Å². The molecule has 3 aromatic rings. The monoisotopic (exact) mass is 356 g/mol. The van der Waals surface area contributed by atoms with Crippen molar-refractivity contribution in [3.8, 4) is 0 Å². The smallest absolute Gasteiger partial charge is 0.258 e. The topological polar surface area (TPSA) is 51.0 Å². The van der Waals surface area contributed by atoms with Crippen molar-refractivity contribution < 1.29 is 5.32 Å². The van der Waals surface area contributed by atoms with Gasteiger partial charge in [-0.25, -0.2) is 4.98 Å². The minimum absolute atomic E-state index is 0.00275. The van der Waals surface area contributed by atoms with Gasteiger partial charge in [-0.2, -0.15) is 0 Å². The molecule has 0 spiro atoms. The van der Waals surface area contributed by atoms with Crippen LogP contribution in [0.15, 0.2) is 46.7 Å². The van der Waals surface area contributed by atoms with Crippen molar-refractivity contribution in [1.29, 1.82) is 0 Å². The van der Waals surface area contributed by atoms with E-state index >= 15 is 0 Å². The van der Waals surface area contributed by atoms with E-state index in [1.54, 1.807) is 16.7 Å². The number of benzene rings is 1. The van der Waals surface area contributed by atoms with Crippen molar-refractivity contribution in [3.05, 3.63) is 69.1 Å². The minimum Gasteiger partial charge on any atom is -0.335 e. The van der Waals surface area contributed by atoms with Gasteiger partial charge >= 0.3 is 0 Å². The Morgan fingerprint density at radius 3 is 2.44 bits per heavy atom. The van der Waals surface area contributed by atoms with Crippen molar-refractivity contribution >= 4 is 16.3 Å². The van der Waals surface area contributed by atoms with Gasteiger partial charge in [-0.05, 0) is 11.5 Å². The Morgan fingerprint density at radius 1 is 1.12 bits per heavy atom. The number of fused-ring (bicyclic) bond motifs is 1. The predicted octanol–water partition coefficient (Wildman–Crippen LogP) is 3.34. The van der Waals surface area contributed by atoms with E-state index in [9.17, 15) is 4.79 Å². The van der Waals surface area contributed by atoms with E-state index in [1.807, 2.05) is 5.38 Å². The summed E-state index contributed by atoms with van der Waals surface area (Å²) in [7, 11) is 0. The lowest BCUT2D eigenvalue weighted by Gasteiger charge is -2.20. The third kappa shape index (κ3) is 3.99. The number of nitrogens with zero attached hydrogens (tertiary/aromatic N) is 2. The van der Waals surface area contributed by atoms with Gasteiger partial charge in [0.05, 0.1) is 0 Å². The van der Waals surface area contributed by atoms with E-state index in [4.69, 9.17) is 0 Å². The highest BCUT2D eigenvalue weighted by Crippen LogP contribution is 2.21. The average molecular weight is 357 g/mol. The zero-order chi connectivity index (χ0) is 18.0. The van der Waals surface area contributed by atoms with E-state index in [2.05, 4.69) is 62.3 Å². The highest BCUT2D eigenvalue weighted by atomic mass is 32.1. The number of thiazole rings is 1. The highest BCUT2D eigenvalue weighted by Gasteiger charge is 2.20. The Balaban J connectivity index is 1.78. The maximum absolute atomic E-state index is 12.1. The minimum atomic E-state index is -0.00275. The van der Waals surface area contributed by atoms with Gasteiger partial charge in [-0.1, -0.05) is 52.0 Å². The Morgan fingerprint density at radius 2 is 1.80 bits per heavy atom. The van der Waals surface area contributed by atoms with Gasteiger partial charge in [0.15, 0.2) is 4.96 Å². The van der Waals surface area contributed by atoms with E-state index in [1.165, 1.54) is 22.5 Å². The number of aromatic nitrogens is 2. The molecule has 0 saturated carbocycles. The predicted molar refractivity (Wildman–Crippen MR) is 103 cm³/mol. The van der Waals surface area contributed by atoms with Crippen LogP contribution in [0.25, 0.3) is 4.96 Å². The van der Waals surface area contributed by atoms with Gasteiger partial charge < -0.3 is 5.32 Å². The lowest BCUT2D eigenvalue weighted by molar-refractivity contribution is -0.717. The molecule has 3 rings (SSSR count). The molecule has 0 bridgehead atoms. The summed E-state index contributed by atoms with van der Waals surface area (Å²) in [6.45, 7) is 9.61. The van der Waals surface area contributed by atoms with Crippen LogP contribution in [-0.2, 0) is 6.54 Å². The van der Waals surface area contributed by atoms with Gasteiger partial charge in [0.2, 0.25) is 0 Å². The largest absolute Gasteiger partial charge is 0.335 e. The second kappa shape index (κ2) is 7.50. The molecule has 132 valence electrons. The number of rotatable bonds is 6. The van der Waals surface area contributed by atoms with Crippen LogP contribution in [0.5, 0.6) is 0 Å². The Kier molecular flexibility index (Phi) is 5.35. The quantitative estimate of drug-likeness (QED) is 0.736. The van der Waals surface area contributed by atoms with Gasteiger partial charge in [-0.15, -0.1) is 11.3 Å². The van der Waals surface area contributed by atoms with Crippen molar-refractivity contribution in [2.75, 3.05) is 0 Å². The average Bonchev–Trinajstić information content (AvgIpc) is 3.04. The first-order valence-corrected chi connectivity index (χ1v) is 9.72. The molecular weight excluding hydrogens is 330 g/mol. The standard InChI is InChI=1S/C20H25N3OS/c1-13(2)15-5-7-16(8-6-15)19(14(3)4)21-12-17-11-18(24)23-9-10-25-20(23)22-17/h5-11,13-14,19,21H,12H2,1-4H3/p+1/t19-/m1/s1. The Labute approximate surface area is 152 Å². The van der Waals surface area contributed by atoms with Gasteiger partial charge in [0.1, 0.15) is 18.3 Å². The van der Waals surface area contributed by atoms with Crippen LogP contribution in [0.3, 0.4) is 0 Å². The van der Waals surface area contributed by atoms with E-state index in [0.29, 0.717) is 24.4 Å². The number of hydrogen-bond acceptors (Lipinski definition) is 3. The summed E-state index contributed by atoms with van der Waals surface area (Å²) in [6, 6.07) is 10.9. The zero-order valence-corrected chi connectivity index (χ0v) is 16.1. The molecule has 1 aromatic carbocycles. The molecule has 0 unspecified atom stereocenters. The van der Waals surface area contributed by atoms with Crippen LogP contribution in [0, 0.1) is 5.92 Å². The molecule has 0 aliphatic heterocycles. The van der Waals surface area contributed by atoms with Crippen LogP contribution >= 0.6 is 11.3 Å². The SMILES string of the molecule is CC(C)c1ccc([C@H]([NH2+]Cc2cc(=O)n3ccsc3n2)C(C)C)cc1. The van der Waals surface area contributed by atoms with E-state index < -0.39 is 0 Å². The molecule has 4 nitrogen and oxygen atoms in total. The summed E-state index contributed by atoms with van der Waals surface area (Å²) >= 11 is 1.49. The number of hydrogen-bond donors (Lipinski definition) is 1. The summed E-state index contributed by atoms with van der Waals surface area (Å²) in [5, 5.41) is 4.19. The van der Waals surface area contributed by atoms with Crippen LogP contribution in [0.2, 0.25) is 0 Å².